The number of hydrogen-bond donors (Lipinski definition) is 2. The SMILES string of the molecule is Cc1onc(C(=O)O)c1-c1c[nH]c2ccccc12. The van der Waals surface area contributed by atoms with Crippen LogP contribution in [0.25, 0.3) is 22.0 Å². The second-order valence-electron chi connectivity index (χ2n) is 4.02. The minimum absolute atomic E-state index is 0.0581. The molecule has 2 heterocycles. The molecule has 0 bridgehead atoms. The number of aromatic amines is 1. The molecule has 5 heteroatoms. The lowest BCUT2D eigenvalue weighted by Gasteiger charge is -1.97. The Hall–Kier alpha value is -2.56. The van der Waals surface area contributed by atoms with Crippen molar-refractivity contribution in [1.29, 1.82) is 0 Å². The van der Waals surface area contributed by atoms with E-state index in [1.165, 1.54) is 0 Å². The molecule has 3 rings (SSSR count). The Morgan fingerprint density at radius 3 is 2.94 bits per heavy atom. The number of fused-ring (bicyclic) bond motifs is 1. The predicted octanol–water partition coefficient (Wildman–Crippen LogP) is 2.83. The topological polar surface area (TPSA) is 79.1 Å². The zero-order valence-electron chi connectivity index (χ0n) is 9.60. The Kier molecular flexibility index (Phi) is 2.19. The molecule has 0 radical (unpaired) electrons. The van der Waals surface area contributed by atoms with Crippen molar-refractivity contribution in [2.75, 3.05) is 0 Å². The van der Waals surface area contributed by atoms with Crippen molar-refractivity contribution in [1.82, 2.24) is 10.1 Å². The summed E-state index contributed by atoms with van der Waals surface area (Å²) >= 11 is 0. The van der Waals surface area contributed by atoms with Gasteiger partial charge in [-0.3, -0.25) is 0 Å². The molecule has 0 spiro atoms. The summed E-state index contributed by atoms with van der Waals surface area (Å²) in [5.41, 5.74) is 2.21. The Morgan fingerprint density at radius 1 is 1.39 bits per heavy atom. The van der Waals surface area contributed by atoms with Crippen LogP contribution >= 0.6 is 0 Å². The third-order valence-corrected chi connectivity index (χ3v) is 2.92. The van der Waals surface area contributed by atoms with E-state index in [1.807, 2.05) is 24.3 Å². The van der Waals surface area contributed by atoms with Crippen molar-refractivity contribution in [2.45, 2.75) is 6.92 Å². The molecule has 0 atom stereocenters. The fraction of sp³-hybridized carbons (Fsp3) is 0.0769. The zero-order chi connectivity index (χ0) is 12.7. The summed E-state index contributed by atoms with van der Waals surface area (Å²) in [4.78, 5) is 14.2. The molecule has 0 unspecified atom stereocenters. The number of hydrogen-bond acceptors (Lipinski definition) is 3. The Balaban J connectivity index is 2.33. The highest BCUT2D eigenvalue weighted by Gasteiger charge is 2.22. The number of aryl methyl sites for hydroxylation is 1. The molecule has 0 amide bonds. The maximum Gasteiger partial charge on any atom is 0.358 e. The normalized spacial score (nSPS) is 10.9. The highest BCUT2D eigenvalue weighted by molar-refractivity contribution is 6.02. The van der Waals surface area contributed by atoms with Crippen LogP contribution < -0.4 is 0 Å². The van der Waals surface area contributed by atoms with Crippen LogP contribution in [0.4, 0.5) is 0 Å². The molecule has 3 aromatic rings. The molecule has 1 aromatic carbocycles. The van der Waals surface area contributed by atoms with Crippen LogP contribution in [0.2, 0.25) is 0 Å². The van der Waals surface area contributed by atoms with E-state index in [9.17, 15) is 4.79 Å². The van der Waals surface area contributed by atoms with Crippen molar-refractivity contribution in [3.05, 3.63) is 41.9 Å². The number of para-hydroxylation sites is 1. The molecule has 2 aromatic heterocycles. The van der Waals surface area contributed by atoms with Crippen LogP contribution in [-0.2, 0) is 0 Å². The summed E-state index contributed by atoms with van der Waals surface area (Å²) in [7, 11) is 0. The van der Waals surface area contributed by atoms with Gasteiger partial charge in [-0.15, -0.1) is 0 Å². The average molecular weight is 242 g/mol. The lowest BCUT2D eigenvalue weighted by Crippen LogP contribution is -1.98. The number of nitrogens with zero attached hydrogens (tertiary/aromatic N) is 1. The van der Waals surface area contributed by atoms with Gasteiger partial charge in [0.25, 0.3) is 0 Å². The molecule has 90 valence electrons. The first-order valence-electron chi connectivity index (χ1n) is 5.44. The first-order chi connectivity index (χ1) is 8.68. The van der Waals surface area contributed by atoms with Gasteiger partial charge in [-0.05, 0) is 13.0 Å². The maximum absolute atomic E-state index is 11.1. The van der Waals surface area contributed by atoms with Crippen molar-refractivity contribution >= 4 is 16.9 Å². The fourth-order valence-corrected chi connectivity index (χ4v) is 2.11. The van der Waals surface area contributed by atoms with Gasteiger partial charge in [-0.25, -0.2) is 4.79 Å². The van der Waals surface area contributed by atoms with Gasteiger partial charge in [0.15, 0.2) is 5.69 Å². The molecule has 0 saturated carbocycles. The number of aromatic carboxylic acids is 1. The van der Waals surface area contributed by atoms with Gasteiger partial charge in [-0.2, -0.15) is 0 Å². The molecule has 2 N–H and O–H groups in total. The molecule has 0 fully saturated rings. The quantitative estimate of drug-likeness (QED) is 0.724. The molecule has 5 nitrogen and oxygen atoms in total. The highest BCUT2D eigenvalue weighted by Crippen LogP contribution is 2.33. The van der Waals surface area contributed by atoms with E-state index in [1.54, 1.807) is 13.1 Å². The monoisotopic (exact) mass is 242 g/mol. The number of carboxylic acids is 1. The second-order valence-corrected chi connectivity index (χ2v) is 4.02. The average Bonchev–Trinajstić information content (AvgIpc) is 2.92. The summed E-state index contributed by atoms with van der Waals surface area (Å²) in [5, 5.41) is 13.7. The maximum atomic E-state index is 11.1. The summed E-state index contributed by atoms with van der Waals surface area (Å²) in [6, 6.07) is 7.69. The smallest absolute Gasteiger partial charge is 0.358 e. The van der Waals surface area contributed by atoms with E-state index in [0.717, 1.165) is 16.5 Å². The van der Waals surface area contributed by atoms with Gasteiger partial charge in [0.2, 0.25) is 0 Å². The molecular formula is C13H10N2O3. The van der Waals surface area contributed by atoms with E-state index < -0.39 is 5.97 Å². The number of carbonyl (C=O) groups is 1. The van der Waals surface area contributed by atoms with Gasteiger partial charge in [0.1, 0.15) is 5.76 Å². The third kappa shape index (κ3) is 1.41. The minimum atomic E-state index is -1.09. The van der Waals surface area contributed by atoms with Crippen LogP contribution in [0.3, 0.4) is 0 Å². The van der Waals surface area contributed by atoms with Crippen LogP contribution in [-0.4, -0.2) is 21.2 Å². The predicted molar refractivity (Wildman–Crippen MR) is 65.5 cm³/mol. The Labute approximate surface area is 102 Å². The molecule has 0 aliphatic heterocycles. The summed E-state index contributed by atoms with van der Waals surface area (Å²) in [6.07, 6.45) is 1.77. The first-order valence-corrected chi connectivity index (χ1v) is 5.44. The number of carboxylic acid groups (broad SMARTS) is 1. The van der Waals surface area contributed by atoms with E-state index in [-0.39, 0.29) is 5.69 Å². The van der Waals surface area contributed by atoms with Crippen molar-refractivity contribution in [2.24, 2.45) is 0 Å². The lowest BCUT2D eigenvalue weighted by atomic mass is 10.0. The summed E-state index contributed by atoms with van der Waals surface area (Å²) in [6.45, 7) is 1.70. The molecule has 0 aliphatic rings. The highest BCUT2D eigenvalue weighted by atomic mass is 16.5. The molecule has 18 heavy (non-hydrogen) atoms. The largest absolute Gasteiger partial charge is 0.476 e. The van der Waals surface area contributed by atoms with E-state index in [2.05, 4.69) is 10.1 Å². The van der Waals surface area contributed by atoms with E-state index in [0.29, 0.717) is 11.3 Å². The van der Waals surface area contributed by atoms with Gasteiger partial charge < -0.3 is 14.6 Å². The zero-order valence-corrected chi connectivity index (χ0v) is 9.60. The Bertz CT molecular complexity index is 740. The number of H-pyrrole nitrogens is 1. The number of rotatable bonds is 2. The van der Waals surface area contributed by atoms with Crippen molar-refractivity contribution < 1.29 is 14.4 Å². The second kappa shape index (κ2) is 3.73. The first kappa shape index (κ1) is 10.6. The fourth-order valence-electron chi connectivity index (χ4n) is 2.11. The van der Waals surface area contributed by atoms with Crippen molar-refractivity contribution in [3.63, 3.8) is 0 Å². The van der Waals surface area contributed by atoms with Crippen molar-refractivity contribution in [3.8, 4) is 11.1 Å². The summed E-state index contributed by atoms with van der Waals surface area (Å²) in [5.74, 6) is -0.593. The number of nitrogens with one attached hydrogen (secondary N) is 1. The minimum Gasteiger partial charge on any atom is -0.476 e. The van der Waals surface area contributed by atoms with Gasteiger partial charge in [-0.1, -0.05) is 23.4 Å². The molecule has 0 aliphatic carbocycles. The molecule has 0 saturated heterocycles. The third-order valence-electron chi connectivity index (χ3n) is 2.92. The van der Waals surface area contributed by atoms with E-state index >= 15 is 0 Å². The van der Waals surface area contributed by atoms with Crippen LogP contribution in [0.15, 0.2) is 35.0 Å². The van der Waals surface area contributed by atoms with Gasteiger partial charge in [0.05, 0.1) is 5.56 Å². The van der Waals surface area contributed by atoms with Gasteiger partial charge in [0, 0.05) is 22.7 Å². The lowest BCUT2D eigenvalue weighted by molar-refractivity contribution is 0.0686. The standard InChI is InChI=1S/C13H10N2O3/c1-7-11(12(13(16)17)15-18-7)9-6-14-10-5-3-2-4-8(9)10/h2-6,14H,1H3,(H,16,17). The van der Waals surface area contributed by atoms with Gasteiger partial charge >= 0.3 is 5.97 Å². The van der Waals surface area contributed by atoms with Crippen LogP contribution in [0, 0.1) is 6.92 Å². The molecular weight excluding hydrogens is 232 g/mol. The van der Waals surface area contributed by atoms with Crippen LogP contribution in [0.5, 0.6) is 0 Å². The number of benzene rings is 1. The van der Waals surface area contributed by atoms with E-state index in [4.69, 9.17) is 9.63 Å². The summed E-state index contributed by atoms with van der Waals surface area (Å²) < 4.78 is 4.98. The Morgan fingerprint density at radius 2 is 2.17 bits per heavy atom. The van der Waals surface area contributed by atoms with Crippen LogP contribution in [0.1, 0.15) is 16.2 Å². The number of aromatic nitrogens is 2.